The summed E-state index contributed by atoms with van der Waals surface area (Å²) in [6, 6.07) is 10.5. The largest absolute Gasteiger partial charge is 0.536 e. The molecule has 4 nitrogen and oxygen atoms in total. The van der Waals surface area contributed by atoms with Crippen LogP contribution in [0.1, 0.15) is 11.1 Å². The van der Waals surface area contributed by atoms with Gasteiger partial charge in [0.15, 0.2) is 0 Å². The van der Waals surface area contributed by atoms with Crippen LogP contribution in [0.5, 0.6) is 0 Å². The Kier molecular flexibility index (Phi) is 3.56. The predicted molar refractivity (Wildman–Crippen MR) is 78.1 cm³/mol. The van der Waals surface area contributed by atoms with E-state index in [1.54, 1.807) is 0 Å². The van der Waals surface area contributed by atoms with E-state index in [9.17, 15) is 0 Å². The topological polar surface area (TPSA) is 43.2 Å². The Bertz CT molecular complexity index is 440. The molecule has 6 heteroatoms. The molecule has 2 heterocycles. The lowest BCUT2D eigenvalue weighted by Crippen LogP contribution is -2.18. The molecule has 0 aromatic heterocycles. The van der Waals surface area contributed by atoms with Crippen molar-refractivity contribution in [1.29, 1.82) is 0 Å². The van der Waals surface area contributed by atoms with Crippen molar-refractivity contribution in [2.75, 3.05) is 13.1 Å². The second kappa shape index (κ2) is 5.49. The molecule has 3 rings (SSSR count). The molecule has 0 N–H and O–H groups in total. The van der Waals surface area contributed by atoms with E-state index in [0.717, 1.165) is 48.1 Å². The molecule has 1 aromatic rings. The summed E-state index contributed by atoms with van der Waals surface area (Å²) in [6.45, 7) is 1.84. The molecule has 94 valence electrons. The number of benzene rings is 1. The Morgan fingerprint density at radius 2 is 1.22 bits per heavy atom. The van der Waals surface area contributed by atoms with Crippen molar-refractivity contribution in [3.8, 4) is 0 Å². The van der Waals surface area contributed by atoms with E-state index in [4.69, 9.17) is 8.85 Å². The monoisotopic (exact) mass is 276 g/mol. The second-order valence-electron chi connectivity index (χ2n) is 4.36. The molecular formula is C12H16N2O2Si2. The van der Waals surface area contributed by atoms with Crippen molar-refractivity contribution in [2.45, 2.75) is 12.1 Å². The molecule has 1 aromatic carbocycles. The van der Waals surface area contributed by atoms with Gasteiger partial charge in [-0.25, -0.2) is 0 Å². The standard InChI is InChI=1S/C12H16N2O2Si2/c1-2-10(12-14-6-8-18-16-12)4-3-9(1)11-13-5-7-17-15-11/h1-4H,5-8,17-18H2. The highest BCUT2D eigenvalue weighted by molar-refractivity contribution is 6.33. The van der Waals surface area contributed by atoms with E-state index >= 15 is 0 Å². The highest BCUT2D eigenvalue weighted by atomic mass is 28.2. The Balaban J connectivity index is 1.80. The van der Waals surface area contributed by atoms with Crippen molar-refractivity contribution in [2.24, 2.45) is 9.98 Å². The second-order valence-corrected chi connectivity index (χ2v) is 7.16. The normalized spacial score (nSPS) is 22.0. The SMILES string of the molecule is c1cc(C2=NCC[SiH2]O2)ccc1C1=NCC[SiH2]O1. The minimum atomic E-state index is -0.385. The first-order valence-electron chi connectivity index (χ1n) is 6.39. The van der Waals surface area contributed by atoms with Gasteiger partial charge in [-0.05, 0) is 36.4 Å². The van der Waals surface area contributed by atoms with Crippen LogP contribution in [0.25, 0.3) is 0 Å². The van der Waals surface area contributed by atoms with Gasteiger partial charge in [0.1, 0.15) is 0 Å². The molecule has 0 bridgehead atoms. The maximum absolute atomic E-state index is 5.68. The number of hydrogen-bond donors (Lipinski definition) is 0. The van der Waals surface area contributed by atoms with Crippen LogP contribution < -0.4 is 0 Å². The summed E-state index contributed by atoms with van der Waals surface area (Å²) in [5.74, 6) is 1.64. The Morgan fingerprint density at radius 1 is 0.778 bits per heavy atom. The van der Waals surface area contributed by atoms with Crippen LogP contribution in [-0.2, 0) is 8.85 Å². The highest BCUT2D eigenvalue weighted by Crippen LogP contribution is 2.12. The van der Waals surface area contributed by atoms with Crippen LogP contribution in [0.15, 0.2) is 34.3 Å². The summed E-state index contributed by atoms with van der Waals surface area (Å²) in [6.07, 6.45) is 0. The Morgan fingerprint density at radius 3 is 1.56 bits per heavy atom. The average Bonchev–Trinajstić information content (AvgIpc) is 2.49. The molecular weight excluding hydrogens is 260 g/mol. The average molecular weight is 276 g/mol. The highest BCUT2D eigenvalue weighted by Gasteiger charge is 2.12. The van der Waals surface area contributed by atoms with Crippen molar-refractivity contribution < 1.29 is 8.85 Å². The van der Waals surface area contributed by atoms with Crippen molar-refractivity contribution >= 4 is 31.3 Å². The van der Waals surface area contributed by atoms with Crippen molar-refractivity contribution in [3.63, 3.8) is 0 Å². The number of rotatable bonds is 2. The minimum Gasteiger partial charge on any atom is -0.536 e. The van der Waals surface area contributed by atoms with Crippen LogP contribution in [0, 0.1) is 0 Å². The quantitative estimate of drug-likeness (QED) is 0.727. The Labute approximate surface area is 111 Å². The summed E-state index contributed by atoms with van der Waals surface area (Å²) < 4.78 is 11.4. The zero-order chi connectivity index (χ0) is 12.2. The molecule has 2 aliphatic rings. The number of hydrogen-bond acceptors (Lipinski definition) is 4. The van der Waals surface area contributed by atoms with Gasteiger partial charge >= 0.3 is 0 Å². The molecule has 2 aliphatic heterocycles. The molecule has 0 radical (unpaired) electrons. The fourth-order valence-corrected chi connectivity index (χ4v) is 3.79. The van der Waals surface area contributed by atoms with E-state index in [1.807, 2.05) is 0 Å². The molecule has 0 atom stereocenters. The van der Waals surface area contributed by atoms with E-state index in [0.29, 0.717) is 0 Å². The van der Waals surface area contributed by atoms with Gasteiger partial charge in [-0.1, -0.05) is 0 Å². The Hall–Kier alpha value is -1.41. The maximum Gasteiger partial charge on any atom is 0.223 e. The summed E-state index contributed by atoms with van der Waals surface area (Å²) in [4.78, 5) is 8.83. The summed E-state index contributed by atoms with van der Waals surface area (Å²) in [5.41, 5.74) is 2.14. The number of nitrogens with zero attached hydrogens (tertiary/aromatic N) is 2. The predicted octanol–water partition coefficient (Wildman–Crippen LogP) is 0.244. The van der Waals surface area contributed by atoms with Crippen LogP contribution in [-0.4, -0.2) is 44.4 Å². The van der Waals surface area contributed by atoms with Gasteiger partial charge in [-0.3, -0.25) is 9.98 Å². The third-order valence-corrected chi connectivity index (χ3v) is 5.14. The van der Waals surface area contributed by atoms with Gasteiger partial charge in [0.2, 0.25) is 31.3 Å². The summed E-state index contributed by atoms with van der Waals surface area (Å²) in [5, 5.41) is 0. The first kappa shape index (κ1) is 11.7. The van der Waals surface area contributed by atoms with E-state index in [2.05, 4.69) is 34.3 Å². The third kappa shape index (κ3) is 2.54. The van der Waals surface area contributed by atoms with E-state index < -0.39 is 0 Å². The van der Waals surface area contributed by atoms with Gasteiger partial charge in [0.25, 0.3) is 0 Å². The molecule has 0 saturated heterocycles. The summed E-state index contributed by atoms with van der Waals surface area (Å²) in [7, 11) is -0.770. The van der Waals surface area contributed by atoms with Crippen LogP contribution >= 0.6 is 0 Å². The lowest BCUT2D eigenvalue weighted by atomic mass is 10.1. The van der Waals surface area contributed by atoms with Gasteiger partial charge in [-0.15, -0.1) is 0 Å². The van der Waals surface area contributed by atoms with Crippen molar-refractivity contribution in [3.05, 3.63) is 35.4 Å². The zero-order valence-corrected chi connectivity index (χ0v) is 13.1. The lowest BCUT2D eigenvalue weighted by Gasteiger charge is -2.16. The van der Waals surface area contributed by atoms with Crippen LogP contribution in [0.3, 0.4) is 0 Å². The fraction of sp³-hybridized carbons (Fsp3) is 0.333. The van der Waals surface area contributed by atoms with Crippen LogP contribution in [0.2, 0.25) is 12.1 Å². The fourth-order valence-electron chi connectivity index (χ4n) is 2.02. The van der Waals surface area contributed by atoms with E-state index in [-0.39, 0.29) is 19.5 Å². The minimum absolute atomic E-state index is 0.385. The number of aliphatic imine (C=N–C) groups is 2. The van der Waals surface area contributed by atoms with Gasteiger partial charge in [-0.2, -0.15) is 0 Å². The zero-order valence-electron chi connectivity index (χ0n) is 10.3. The molecule has 0 aliphatic carbocycles. The van der Waals surface area contributed by atoms with Gasteiger partial charge in [0, 0.05) is 24.2 Å². The molecule has 0 unspecified atom stereocenters. The molecule has 0 fully saturated rings. The summed E-state index contributed by atoms with van der Waals surface area (Å²) >= 11 is 0. The maximum atomic E-state index is 5.68. The van der Waals surface area contributed by atoms with Crippen molar-refractivity contribution in [1.82, 2.24) is 0 Å². The molecule has 0 saturated carbocycles. The third-order valence-electron chi connectivity index (χ3n) is 2.97. The van der Waals surface area contributed by atoms with Gasteiger partial charge < -0.3 is 8.85 Å². The smallest absolute Gasteiger partial charge is 0.223 e. The van der Waals surface area contributed by atoms with E-state index in [1.165, 1.54) is 0 Å². The molecule has 0 amide bonds. The first-order valence-corrected chi connectivity index (χ1v) is 9.54. The molecule has 0 spiro atoms. The molecule has 18 heavy (non-hydrogen) atoms. The lowest BCUT2D eigenvalue weighted by molar-refractivity contribution is 0.568. The van der Waals surface area contributed by atoms with Gasteiger partial charge in [0.05, 0.1) is 0 Å². The van der Waals surface area contributed by atoms with Crippen LogP contribution in [0.4, 0.5) is 0 Å². The first-order chi connectivity index (χ1) is 8.93.